The second-order valence-electron chi connectivity index (χ2n) is 8.39. The molecule has 1 unspecified atom stereocenters. The summed E-state index contributed by atoms with van der Waals surface area (Å²) in [5.41, 5.74) is 3.31. The zero-order valence-electron chi connectivity index (χ0n) is 15.8. The third-order valence-electron chi connectivity index (χ3n) is 5.88. The van der Waals surface area contributed by atoms with E-state index in [-0.39, 0.29) is 0 Å². The van der Waals surface area contributed by atoms with Crippen molar-refractivity contribution in [2.24, 2.45) is 5.92 Å². The summed E-state index contributed by atoms with van der Waals surface area (Å²) in [6.45, 7) is 14.0. The predicted molar refractivity (Wildman–Crippen MR) is 103 cm³/mol. The van der Waals surface area contributed by atoms with Crippen LogP contribution in [0.2, 0.25) is 0 Å². The van der Waals surface area contributed by atoms with Gasteiger partial charge < -0.3 is 15.5 Å². The molecule has 24 heavy (non-hydrogen) atoms. The molecule has 2 heterocycles. The summed E-state index contributed by atoms with van der Waals surface area (Å²) in [7, 11) is 0. The summed E-state index contributed by atoms with van der Waals surface area (Å²) in [6.07, 6.45) is 3.77. The van der Waals surface area contributed by atoms with Gasteiger partial charge in [0.05, 0.1) is 0 Å². The highest BCUT2D eigenvalue weighted by atomic mass is 15.2. The molecule has 0 amide bonds. The molecule has 1 aromatic rings. The van der Waals surface area contributed by atoms with Crippen LogP contribution in [0.25, 0.3) is 0 Å². The third kappa shape index (κ3) is 4.59. The molecule has 1 spiro atoms. The molecule has 2 aliphatic heterocycles. The summed E-state index contributed by atoms with van der Waals surface area (Å²) in [4.78, 5) is 2.68. The fourth-order valence-electron chi connectivity index (χ4n) is 4.27. The van der Waals surface area contributed by atoms with E-state index in [1.54, 1.807) is 0 Å². The summed E-state index contributed by atoms with van der Waals surface area (Å²) >= 11 is 0. The molecule has 0 radical (unpaired) electrons. The summed E-state index contributed by atoms with van der Waals surface area (Å²) in [5.74, 6) is 1.35. The van der Waals surface area contributed by atoms with Gasteiger partial charge in [-0.15, -0.1) is 0 Å². The van der Waals surface area contributed by atoms with Crippen LogP contribution in [0.4, 0.5) is 0 Å². The molecule has 2 aliphatic rings. The minimum atomic E-state index is 0.380. The summed E-state index contributed by atoms with van der Waals surface area (Å²) in [6, 6.07) is 9.27. The molecule has 3 heteroatoms. The van der Waals surface area contributed by atoms with Crippen molar-refractivity contribution in [3.05, 3.63) is 35.4 Å². The van der Waals surface area contributed by atoms with Crippen LogP contribution in [0.3, 0.4) is 0 Å². The lowest BCUT2D eigenvalue weighted by molar-refractivity contribution is 0.110. The molecule has 2 N–H and O–H groups in total. The van der Waals surface area contributed by atoms with Crippen LogP contribution in [-0.2, 0) is 6.42 Å². The van der Waals surface area contributed by atoms with E-state index in [0.29, 0.717) is 11.5 Å². The van der Waals surface area contributed by atoms with E-state index in [1.807, 2.05) is 0 Å². The number of likely N-dealkylation sites (tertiary alicyclic amines) is 1. The van der Waals surface area contributed by atoms with Gasteiger partial charge in [-0.2, -0.15) is 0 Å². The quantitative estimate of drug-likeness (QED) is 0.869. The van der Waals surface area contributed by atoms with Crippen molar-refractivity contribution < 1.29 is 0 Å². The maximum absolute atomic E-state index is 3.77. The molecule has 0 bridgehead atoms. The van der Waals surface area contributed by atoms with Crippen molar-refractivity contribution in [2.45, 2.75) is 51.5 Å². The van der Waals surface area contributed by atoms with E-state index in [4.69, 9.17) is 0 Å². The molecule has 0 aromatic heterocycles. The molecule has 3 rings (SSSR count). The second-order valence-corrected chi connectivity index (χ2v) is 8.39. The Hall–Kier alpha value is -0.900. The van der Waals surface area contributed by atoms with Crippen LogP contribution in [0, 0.1) is 5.92 Å². The van der Waals surface area contributed by atoms with Gasteiger partial charge in [0.2, 0.25) is 0 Å². The number of benzene rings is 1. The number of hydrogen-bond acceptors (Lipinski definition) is 3. The van der Waals surface area contributed by atoms with Crippen molar-refractivity contribution in [3.8, 4) is 0 Å². The van der Waals surface area contributed by atoms with E-state index in [9.17, 15) is 0 Å². The molecule has 134 valence electrons. The molecule has 1 aromatic carbocycles. The average Bonchev–Trinajstić information content (AvgIpc) is 2.58. The Morgan fingerprint density at radius 3 is 2.33 bits per heavy atom. The highest BCUT2D eigenvalue weighted by Crippen LogP contribution is 2.24. The highest BCUT2D eigenvalue weighted by Gasteiger charge is 2.35. The van der Waals surface area contributed by atoms with E-state index in [1.165, 1.54) is 50.0 Å². The van der Waals surface area contributed by atoms with E-state index in [0.717, 1.165) is 25.6 Å². The maximum atomic E-state index is 3.77. The first-order valence-corrected chi connectivity index (χ1v) is 9.83. The van der Waals surface area contributed by atoms with Crippen LogP contribution >= 0.6 is 0 Å². The van der Waals surface area contributed by atoms with Crippen LogP contribution in [0.1, 0.15) is 50.7 Å². The molecule has 1 atom stereocenters. The van der Waals surface area contributed by atoms with Gasteiger partial charge in [-0.05, 0) is 55.3 Å². The lowest BCUT2D eigenvalue weighted by Gasteiger charge is -2.45. The Morgan fingerprint density at radius 1 is 1.04 bits per heavy atom. The zero-order chi connectivity index (χ0) is 17.0. The summed E-state index contributed by atoms with van der Waals surface area (Å²) < 4.78 is 0. The molecular formula is C21H35N3. The molecular weight excluding hydrogens is 294 g/mol. The van der Waals surface area contributed by atoms with Gasteiger partial charge in [-0.3, -0.25) is 0 Å². The van der Waals surface area contributed by atoms with Crippen LogP contribution in [0.15, 0.2) is 24.3 Å². The van der Waals surface area contributed by atoms with Gasteiger partial charge in [-0.1, -0.05) is 45.0 Å². The average molecular weight is 330 g/mol. The normalized spacial score (nSPS) is 22.8. The minimum Gasteiger partial charge on any atom is -0.314 e. The molecule has 0 aliphatic carbocycles. The number of piperazine rings is 1. The fourth-order valence-corrected chi connectivity index (χ4v) is 4.27. The van der Waals surface area contributed by atoms with Gasteiger partial charge in [0.1, 0.15) is 0 Å². The number of nitrogens with one attached hydrogen (secondary N) is 2. The Morgan fingerprint density at radius 2 is 1.75 bits per heavy atom. The van der Waals surface area contributed by atoms with E-state index >= 15 is 0 Å². The highest BCUT2D eigenvalue weighted by molar-refractivity contribution is 5.25. The molecule has 2 fully saturated rings. The Bertz CT molecular complexity index is 492. The minimum absolute atomic E-state index is 0.380. The van der Waals surface area contributed by atoms with Crippen molar-refractivity contribution in [1.82, 2.24) is 15.5 Å². The topological polar surface area (TPSA) is 27.3 Å². The van der Waals surface area contributed by atoms with Crippen molar-refractivity contribution in [3.63, 3.8) is 0 Å². The van der Waals surface area contributed by atoms with Gasteiger partial charge in [0.25, 0.3) is 0 Å². The van der Waals surface area contributed by atoms with Gasteiger partial charge in [-0.25, -0.2) is 0 Å². The number of piperidine rings is 1. The summed E-state index contributed by atoms with van der Waals surface area (Å²) in [5, 5.41) is 7.34. The SMILES string of the molecule is CC(Cc1ccc(C(C)C)cc1)CN1CCC2(CC1)CNCCN2. The third-order valence-corrected chi connectivity index (χ3v) is 5.88. The smallest absolute Gasteiger partial charge is 0.0331 e. The predicted octanol–water partition coefficient (Wildman–Crippen LogP) is 3.02. The second kappa shape index (κ2) is 7.99. The Labute approximate surface area is 148 Å². The first-order valence-electron chi connectivity index (χ1n) is 9.83. The Kier molecular flexibility index (Phi) is 5.96. The van der Waals surface area contributed by atoms with Gasteiger partial charge in [0, 0.05) is 31.7 Å². The monoisotopic (exact) mass is 329 g/mol. The fraction of sp³-hybridized carbons (Fsp3) is 0.714. The van der Waals surface area contributed by atoms with Crippen LogP contribution in [-0.4, -0.2) is 49.7 Å². The van der Waals surface area contributed by atoms with Crippen molar-refractivity contribution >= 4 is 0 Å². The standard InChI is InChI=1S/C21H35N3/c1-17(2)20-6-4-19(5-7-20)14-18(3)15-24-12-8-21(9-13-24)16-22-10-11-23-21/h4-7,17-18,22-23H,8-16H2,1-3H3. The van der Waals surface area contributed by atoms with Gasteiger partial charge in [0.15, 0.2) is 0 Å². The zero-order valence-corrected chi connectivity index (χ0v) is 15.8. The molecule has 3 nitrogen and oxygen atoms in total. The first kappa shape index (κ1) is 17.9. The lowest BCUT2D eigenvalue weighted by atomic mass is 9.85. The van der Waals surface area contributed by atoms with Crippen LogP contribution in [0.5, 0.6) is 0 Å². The largest absolute Gasteiger partial charge is 0.314 e. The Balaban J connectivity index is 1.44. The number of rotatable bonds is 5. The van der Waals surface area contributed by atoms with E-state index in [2.05, 4.69) is 60.6 Å². The first-order chi connectivity index (χ1) is 11.6. The van der Waals surface area contributed by atoms with E-state index < -0.39 is 0 Å². The van der Waals surface area contributed by atoms with Crippen molar-refractivity contribution in [2.75, 3.05) is 39.3 Å². The number of hydrogen-bond donors (Lipinski definition) is 2. The van der Waals surface area contributed by atoms with Crippen LogP contribution < -0.4 is 10.6 Å². The lowest BCUT2D eigenvalue weighted by Crippen LogP contribution is -2.63. The number of nitrogens with zero attached hydrogens (tertiary/aromatic N) is 1. The molecule has 0 saturated carbocycles. The molecule has 2 saturated heterocycles. The van der Waals surface area contributed by atoms with Crippen molar-refractivity contribution in [1.29, 1.82) is 0 Å². The maximum Gasteiger partial charge on any atom is 0.0331 e. The van der Waals surface area contributed by atoms with Gasteiger partial charge >= 0.3 is 0 Å².